The number of nitrogen functional groups attached to an aromatic ring is 1. The SMILES string of the molecule is Cc1ccc(N)cc1C(=O)OCC(=O)N1CCCCC1. The number of nitrogens with zero attached hydrogens (tertiary/aromatic N) is 1. The van der Waals surface area contributed by atoms with Crippen molar-refractivity contribution in [3.63, 3.8) is 0 Å². The zero-order valence-corrected chi connectivity index (χ0v) is 11.7. The number of rotatable bonds is 3. The van der Waals surface area contributed by atoms with Crippen LogP contribution in [-0.4, -0.2) is 36.5 Å². The fourth-order valence-electron chi connectivity index (χ4n) is 2.30. The molecule has 1 saturated heterocycles. The van der Waals surface area contributed by atoms with Crippen LogP contribution in [0.4, 0.5) is 5.69 Å². The molecule has 2 rings (SSSR count). The predicted molar refractivity (Wildman–Crippen MR) is 76.3 cm³/mol. The molecule has 0 unspecified atom stereocenters. The molecule has 5 heteroatoms. The van der Waals surface area contributed by atoms with Crippen molar-refractivity contribution in [1.29, 1.82) is 0 Å². The Labute approximate surface area is 118 Å². The van der Waals surface area contributed by atoms with Crippen molar-refractivity contribution in [3.05, 3.63) is 29.3 Å². The summed E-state index contributed by atoms with van der Waals surface area (Å²) in [4.78, 5) is 25.6. The van der Waals surface area contributed by atoms with Gasteiger partial charge in [0.2, 0.25) is 0 Å². The van der Waals surface area contributed by atoms with Gasteiger partial charge in [0.1, 0.15) is 0 Å². The molecule has 1 aliphatic rings. The van der Waals surface area contributed by atoms with Crippen LogP contribution >= 0.6 is 0 Å². The molecule has 0 atom stereocenters. The first-order valence-electron chi connectivity index (χ1n) is 6.89. The molecule has 20 heavy (non-hydrogen) atoms. The van der Waals surface area contributed by atoms with Gasteiger partial charge in [-0.15, -0.1) is 0 Å². The van der Waals surface area contributed by atoms with E-state index in [2.05, 4.69) is 0 Å². The number of carbonyl (C=O) groups excluding carboxylic acids is 2. The summed E-state index contributed by atoms with van der Waals surface area (Å²) >= 11 is 0. The lowest BCUT2D eigenvalue weighted by molar-refractivity contribution is -0.135. The number of amides is 1. The minimum atomic E-state index is -0.500. The van der Waals surface area contributed by atoms with E-state index >= 15 is 0 Å². The molecule has 0 radical (unpaired) electrons. The standard InChI is InChI=1S/C15H20N2O3/c1-11-5-6-12(16)9-13(11)15(19)20-10-14(18)17-7-3-2-4-8-17/h5-6,9H,2-4,7-8,10,16H2,1H3. The molecule has 5 nitrogen and oxygen atoms in total. The molecule has 0 aliphatic carbocycles. The molecule has 1 heterocycles. The Balaban J connectivity index is 1.91. The number of likely N-dealkylation sites (tertiary alicyclic amines) is 1. The zero-order valence-electron chi connectivity index (χ0n) is 11.7. The van der Waals surface area contributed by atoms with Crippen molar-refractivity contribution >= 4 is 17.6 Å². The lowest BCUT2D eigenvalue weighted by Crippen LogP contribution is -2.38. The first kappa shape index (κ1) is 14.4. The maximum Gasteiger partial charge on any atom is 0.338 e. The Hall–Kier alpha value is -2.04. The molecule has 0 aromatic heterocycles. The van der Waals surface area contributed by atoms with Crippen molar-refractivity contribution < 1.29 is 14.3 Å². The number of esters is 1. The summed E-state index contributed by atoms with van der Waals surface area (Å²) in [5.74, 6) is -0.625. The number of carbonyl (C=O) groups is 2. The van der Waals surface area contributed by atoms with Gasteiger partial charge in [0.05, 0.1) is 5.56 Å². The van der Waals surface area contributed by atoms with Gasteiger partial charge in [-0.25, -0.2) is 4.79 Å². The van der Waals surface area contributed by atoms with Crippen LogP contribution in [0, 0.1) is 6.92 Å². The van der Waals surface area contributed by atoms with E-state index in [-0.39, 0.29) is 12.5 Å². The van der Waals surface area contributed by atoms with E-state index in [1.807, 2.05) is 6.92 Å². The topological polar surface area (TPSA) is 72.6 Å². The number of aryl methyl sites for hydroxylation is 1. The number of hydrogen-bond acceptors (Lipinski definition) is 4. The second-order valence-electron chi connectivity index (χ2n) is 5.09. The van der Waals surface area contributed by atoms with Gasteiger partial charge in [0.25, 0.3) is 5.91 Å². The number of benzene rings is 1. The molecule has 0 spiro atoms. The number of anilines is 1. The predicted octanol–water partition coefficient (Wildman–Crippen LogP) is 1.75. The maximum absolute atomic E-state index is 12.0. The molecule has 2 N–H and O–H groups in total. The molecular formula is C15H20N2O3. The highest BCUT2D eigenvalue weighted by Gasteiger charge is 2.19. The molecule has 0 bridgehead atoms. The third-order valence-electron chi connectivity index (χ3n) is 3.52. The third kappa shape index (κ3) is 3.50. The Morgan fingerprint density at radius 3 is 2.65 bits per heavy atom. The van der Waals surface area contributed by atoms with Gasteiger partial charge in [-0.05, 0) is 43.9 Å². The second-order valence-corrected chi connectivity index (χ2v) is 5.09. The number of hydrogen-bond donors (Lipinski definition) is 1. The molecule has 1 aromatic carbocycles. The summed E-state index contributed by atoms with van der Waals surface area (Å²) < 4.78 is 5.09. The number of piperidine rings is 1. The summed E-state index contributed by atoms with van der Waals surface area (Å²) in [6.07, 6.45) is 3.20. The van der Waals surface area contributed by atoms with Crippen LogP contribution in [-0.2, 0) is 9.53 Å². The highest BCUT2D eigenvalue weighted by Crippen LogP contribution is 2.14. The number of nitrogens with two attached hydrogens (primary N) is 1. The minimum absolute atomic E-state index is 0.125. The summed E-state index contributed by atoms with van der Waals surface area (Å²) in [6, 6.07) is 5.06. The zero-order chi connectivity index (χ0) is 14.5. The van der Waals surface area contributed by atoms with Crippen LogP contribution in [0.1, 0.15) is 35.2 Å². The van der Waals surface area contributed by atoms with Crippen molar-refractivity contribution in [1.82, 2.24) is 4.90 Å². The minimum Gasteiger partial charge on any atom is -0.452 e. The van der Waals surface area contributed by atoms with Crippen LogP contribution in [0.15, 0.2) is 18.2 Å². The van der Waals surface area contributed by atoms with Crippen LogP contribution in [0.5, 0.6) is 0 Å². The molecule has 1 amide bonds. The van der Waals surface area contributed by atoms with Crippen LogP contribution < -0.4 is 5.73 Å². The van der Waals surface area contributed by atoms with Gasteiger partial charge in [-0.3, -0.25) is 4.79 Å². The monoisotopic (exact) mass is 276 g/mol. The van der Waals surface area contributed by atoms with E-state index in [4.69, 9.17) is 10.5 Å². The molecular weight excluding hydrogens is 256 g/mol. The van der Waals surface area contributed by atoms with Gasteiger partial charge in [-0.2, -0.15) is 0 Å². The van der Waals surface area contributed by atoms with Gasteiger partial charge in [0.15, 0.2) is 6.61 Å². The van der Waals surface area contributed by atoms with E-state index < -0.39 is 5.97 Å². The van der Waals surface area contributed by atoms with E-state index in [1.165, 1.54) is 0 Å². The Morgan fingerprint density at radius 2 is 1.95 bits per heavy atom. The summed E-state index contributed by atoms with van der Waals surface area (Å²) in [6.45, 7) is 3.12. The summed E-state index contributed by atoms with van der Waals surface area (Å²) in [5, 5.41) is 0. The van der Waals surface area contributed by atoms with E-state index in [0.29, 0.717) is 11.3 Å². The summed E-state index contributed by atoms with van der Waals surface area (Å²) in [7, 11) is 0. The Kier molecular flexibility index (Phi) is 4.61. The van der Waals surface area contributed by atoms with Crippen molar-refractivity contribution in [3.8, 4) is 0 Å². The molecule has 108 valence electrons. The first-order chi connectivity index (χ1) is 9.58. The molecule has 1 aliphatic heterocycles. The van der Waals surface area contributed by atoms with Crippen LogP contribution in [0.2, 0.25) is 0 Å². The molecule has 1 aromatic rings. The van der Waals surface area contributed by atoms with Gasteiger partial charge in [-0.1, -0.05) is 6.07 Å². The highest BCUT2D eigenvalue weighted by atomic mass is 16.5. The fraction of sp³-hybridized carbons (Fsp3) is 0.467. The van der Waals surface area contributed by atoms with Gasteiger partial charge < -0.3 is 15.4 Å². The summed E-state index contributed by atoms with van der Waals surface area (Å²) in [5.41, 5.74) is 7.36. The largest absolute Gasteiger partial charge is 0.452 e. The van der Waals surface area contributed by atoms with Crippen molar-refractivity contribution in [2.45, 2.75) is 26.2 Å². The lowest BCUT2D eigenvalue weighted by Gasteiger charge is -2.26. The normalized spacial score (nSPS) is 14.9. The van der Waals surface area contributed by atoms with Crippen LogP contribution in [0.3, 0.4) is 0 Å². The van der Waals surface area contributed by atoms with Crippen molar-refractivity contribution in [2.24, 2.45) is 0 Å². The smallest absolute Gasteiger partial charge is 0.338 e. The Morgan fingerprint density at radius 1 is 1.25 bits per heavy atom. The van der Waals surface area contributed by atoms with E-state index in [9.17, 15) is 9.59 Å². The first-order valence-corrected chi connectivity index (χ1v) is 6.89. The lowest BCUT2D eigenvalue weighted by atomic mass is 10.1. The molecule has 1 fully saturated rings. The highest BCUT2D eigenvalue weighted by molar-refractivity contribution is 5.93. The van der Waals surface area contributed by atoms with Crippen LogP contribution in [0.25, 0.3) is 0 Å². The number of ether oxygens (including phenoxy) is 1. The fourth-order valence-corrected chi connectivity index (χ4v) is 2.30. The second kappa shape index (κ2) is 6.41. The quantitative estimate of drug-likeness (QED) is 0.674. The Bertz CT molecular complexity index is 508. The van der Waals surface area contributed by atoms with Gasteiger partial charge >= 0.3 is 5.97 Å². The van der Waals surface area contributed by atoms with E-state index in [1.54, 1.807) is 23.1 Å². The average molecular weight is 276 g/mol. The molecule has 0 saturated carbocycles. The maximum atomic E-state index is 12.0. The average Bonchev–Trinajstić information content (AvgIpc) is 2.47. The third-order valence-corrected chi connectivity index (χ3v) is 3.52. The van der Waals surface area contributed by atoms with Gasteiger partial charge in [0, 0.05) is 18.8 Å². The van der Waals surface area contributed by atoms with E-state index in [0.717, 1.165) is 37.9 Å². The van der Waals surface area contributed by atoms with Crippen molar-refractivity contribution in [2.75, 3.05) is 25.4 Å².